The summed E-state index contributed by atoms with van der Waals surface area (Å²) in [5, 5.41) is 47.2. The van der Waals surface area contributed by atoms with Gasteiger partial charge < -0.3 is 45.6 Å². The lowest BCUT2D eigenvalue weighted by Crippen LogP contribution is -2.60. The number of aliphatic hydroxyl groups is 5. The zero-order chi connectivity index (χ0) is 18.3. The fourth-order valence-electron chi connectivity index (χ4n) is 1.93. The molecule has 2 unspecified atom stereocenters. The molecule has 0 saturated carbocycles. The first-order chi connectivity index (χ1) is 11.3. The normalized spacial score (nSPS) is 34.7. The summed E-state index contributed by atoms with van der Waals surface area (Å²) in [6.45, 7) is -2.06. The van der Waals surface area contributed by atoms with Gasteiger partial charge in [-0.2, -0.15) is 0 Å². The van der Waals surface area contributed by atoms with Crippen LogP contribution in [0.1, 0.15) is 0 Å². The van der Waals surface area contributed by atoms with Crippen molar-refractivity contribution in [2.75, 3.05) is 33.0 Å². The molecule has 8 N–H and O–H groups in total. The number of nitrogens with two attached hydrogens (primary N) is 1. The number of phosphoric ester groups is 1. The van der Waals surface area contributed by atoms with Crippen molar-refractivity contribution in [1.82, 2.24) is 0 Å². The number of phosphoric acid groups is 1. The summed E-state index contributed by atoms with van der Waals surface area (Å²) in [4.78, 5) is 9.52. The Kier molecular flexibility index (Phi) is 9.16. The van der Waals surface area contributed by atoms with Crippen molar-refractivity contribution in [2.45, 2.75) is 36.8 Å². The highest BCUT2D eigenvalue weighted by molar-refractivity contribution is 7.47. The first-order valence-electron chi connectivity index (χ1n) is 7.14. The number of ether oxygens (including phenoxy) is 2. The van der Waals surface area contributed by atoms with Crippen LogP contribution >= 0.6 is 7.82 Å². The second kappa shape index (κ2) is 10.1. The van der Waals surface area contributed by atoms with Crippen LogP contribution in [0.2, 0.25) is 0 Å². The van der Waals surface area contributed by atoms with Crippen LogP contribution in [0.3, 0.4) is 0 Å². The van der Waals surface area contributed by atoms with Crippen LogP contribution in [0, 0.1) is 0 Å². The quantitative estimate of drug-likeness (QED) is 0.184. The molecule has 144 valence electrons. The topological polar surface area (TPSA) is 201 Å². The van der Waals surface area contributed by atoms with E-state index in [1.54, 1.807) is 0 Å². The maximum Gasteiger partial charge on any atom is 0.472 e. The Morgan fingerprint density at radius 3 is 2.46 bits per heavy atom. The van der Waals surface area contributed by atoms with Crippen LogP contribution in [0.25, 0.3) is 0 Å². The van der Waals surface area contributed by atoms with Crippen molar-refractivity contribution in [3.63, 3.8) is 0 Å². The van der Waals surface area contributed by atoms with Crippen LogP contribution in [0.5, 0.6) is 0 Å². The molecule has 0 bridgehead atoms. The average Bonchev–Trinajstić information content (AvgIpc) is 2.56. The highest BCUT2D eigenvalue weighted by Gasteiger charge is 2.48. The maximum absolute atomic E-state index is 11.7. The molecular formula is C11H24NO11P. The Labute approximate surface area is 137 Å². The van der Waals surface area contributed by atoms with Crippen molar-refractivity contribution in [2.24, 2.45) is 5.73 Å². The zero-order valence-electron chi connectivity index (χ0n) is 12.7. The van der Waals surface area contributed by atoms with Gasteiger partial charge in [-0.25, -0.2) is 4.57 Å². The van der Waals surface area contributed by atoms with E-state index < -0.39 is 64.5 Å². The van der Waals surface area contributed by atoms with E-state index in [-0.39, 0.29) is 13.2 Å². The second-order valence-electron chi connectivity index (χ2n) is 5.04. The SMILES string of the molecule is NCCOP(=O)(O)O[C@@H]1[C@H](O)[C@@H](O)[C@H](OCC(O)CO)O[C@@H]1CO. The van der Waals surface area contributed by atoms with E-state index in [1.807, 2.05) is 0 Å². The predicted octanol–water partition coefficient (Wildman–Crippen LogP) is -3.74. The van der Waals surface area contributed by atoms with Crippen molar-refractivity contribution in [3.8, 4) is 0 Å². The van der Waals surface area contributed by atoms with Crippen molar-refractivity contribution < 1.29 is 53.5 Å². The fraction of sp³-hybridized carbons (Fsp3) is 1.00. The molecule has 1 aliphatic rings. The number of hydrogen-bond donors (Lipinski definition) is 7. The largest absolute Gasteiger partial charge is 0.472 e. The lowest BCUT2D eigenvalue weighted by Gasteiger charge is -2.41. The van der Waals surface area contributed by atoms with E-state index in [9.17, 15) is 29.9 Å². The van der Waals surface area contributed by atoms with Crippen molar-refractivity contribution >= 4 is 7.82 Å². The number of hydrogen-bond acceptors (Lipinski definition) is 11. The van der Waals surface area contributed by atoms with Crippen LogP contribution in [0.15, 0.2) is 0 Å². The van der Waals surface area contributed by atoms with Gasteiger partial charge in [-0.05, 0) is 0 Å². The van der Waals surface area contributed by atoms with Crippen LogP contribution in [-0.4, -0.2) is 100 Å². The Bertz CT molecular complexity index is 411. The molecule has 1 saturated heterocycles. The predicted molar refractivity (Wildman–Crippen MR) is 76.5 cm³/mol. The van der Waals surface area contributed by atoms with E-state index in [4.69, 9.17) is 24.8 Å². The summed E-state index contributed by atoms with van der Waals surface area (Å²) in [5.41, 5.74) is 5.14. The van der Waals surface area contributed by atoms with Gasteiger partial charge in [-0.1, -0.05) is 0 Å². The Hall–Kier alpha value is -0.210. The minimum atomic E-state index is -4.60. The van der Waals surface area contributed by atoms with Crippen LogP contribution < -0.4 is 5.73 Å². The summed E-state index contributed by atoms with van der Waals surface area (Å²) in [6.07, 6.45) is -9.06. The second-order valence-corrected chi connectivity index (χ2v) is 6.44. The van der Waals surface area contributed by atoms with Gasteiger partial charge in [-0.15, -0.1) is 0 Å². The zero-order valence-corrected chi connectivity index (χ0v) is 13.6. The van der Waals surface area contributed by atoms with Gasteiger partial charge in [0.1, 0.15) is 30.5 Å². The van der Waals surface area contributed by atoms with Crippen molar-refractivity contribution in [3.05, 3.63) is 0 Å². The van der Waals surface area contributed by atoms with Gasteiger partial charge in [0, 0.05) is 6.54 Å². The molecule has 0 amide bonds. The lowest BCUT2D eigenvalue weighted by atomic mass is 9.99. The molecule has 0 aromatic rings. The van der Waals surface area contributed by atoms with Gasteiger partial charge >= 0.3 is 7.82 Å². The lowest BCUT2D eigenvalue weighted by molar-refractivity contribution is -0.302. The summed E-state index contributed by atoms with van der Waals surface area (Å²) in [6, 6.07) is 0. The molecule has 0 aromatic heterocycles. The molecule has 13 heteroatoms. The highest BCUT2D eigenvalue weighted by Crippen LogP contribution is 2.46. The first-order valence-corrected chi connectivity index (χ1v) is 8.64. The van der Waals surface area contributed by atoms with E-state index in [1.165, 1.54) is 0 Å². The van der Waals surface area contributed by atoms with E-state index >= 15 is 0 Å². The fourth-order valence-corrected chi connectivity index (χ4v) is 2.90. The number of rotatable bonds is 10. The molecule has 1 aliphatic heterocycles. The third kappa shape index (κ3) is 6.26. The Morgan fingerprint density at radius 1 is 1.25 bits per heavy atom. The molecule has 1 heterocycles. The first kappa shape index (κ1) is 21.8. The van der Waals surface area contributed by atoms with Gasteiger partial charge in [0.2, 0.25) is 0 Å². The van der Waals surface area contributed by atoms with Gasteiger partial charge in [0.05, 0.1) is 26.4 Å². The summed E-state index contributed by atoms with van der Waals surface area (Å²) < 4.78 is 31.2. The Balaban J connectivity index is 2.73. The monoisotopic (exact) mass is 377 g/mol. The molecule has 0 spiro atoms. The molecule has 1 fully saturated rings. The smallest absolute Gasteiger partial charge is 0.394 e. The molecule has 0 aliphatic carbocycles. The summed E-state index contributed by atoms with van der Waals surface area (Å²) >= 11 is 0. The molecular weight excluding hydrogens is 353 g/mol. The van der Waals surface area contributed by atoms with E-state index in [2.05, 4.69) is 4.52 Å². The summed E-state index contributed by atoms with van der Waals surface area (Å²) in [5.74, 6) is 0. The molecule has 12 nitrogen and oxygen atoms in total. The highest BCUT2D eigenvalue weighted by atomic mass is 31.2. The molecule has 0 aromatic carbocycles. The van der Waals surface area contributed by atoms with Gasteiger partial charge in [0.15, 0.2) is 6.29 Å². The molecule has 7 atom stereocenters. The standard InChI is InChI=1S/C11H24NO11P/c12-1-2-21-24(18,19)23-10-7(4-14)22-11(9(17)8(10)16)20-5-6(15)3-13/h6-11,13-17H,1-5,12H2,(H,18,19)/t6?,7-,8-,9-,10+,11-/m1/s1. The molecule has 1 rings (SSSR count). The maximum atomic E-state index is 11.7. The van der Waals surface area contributed by atoms with E-state index in [0.29, 0.717) is 0 Å². The van der Waals surface area contributed by atoms with Crippen LogP contribution in [-0.2, 0) is 23.1 Å². The van der Waals surface area contributed by atoms with E-state index in [0.717, 1.165) is 0 Å². The van der Waals surface area contributed by atoms with Crippen LogP contribution in [0.4, 0.5) is 0 Å². The molecule has 24 heavy (non-hydrogen) atoms. The van der Waals surface area contributed by atoms with Gasteiger partial charge in [0.25, 0.3) is 0 Å². The van der Waals surface area contributed by atoms with Crippen molar-refractivity contribution in [1.29, 1.82) is 0 Å². The minimum Gasteiger partial charge on any atom is -0.394 e. The third-order valence-electron chi connectivity index (χ3n) is 3.11. The minimum absolute atomic E-state index is 0.0488. The third-order valence-corrected chi connectivity index (χ3v) is 4.13. The Morgan fingerprint density at radius 2 is 1.92 bits per heavy atom. The molecule has 0 radical (unpaired) electrons. The van der Waals surface area contributed by atoms with Gasteiger partial charge in [-0.3, -0.25) is 9.05 Å². The number of aliphatic hydroxyl groups excluding tert-OH is 5. The summed E-state index contributed by atoms with van der Waals surface area (Å²) in [7, 11) is -4.60. The average molecular weight is 377 g/mol.